The summed E-state index contributed by atoms with van der Waals surface area (Å²) >= 11 is 0. The first-order valence-electron chi connectivity index (χ1n) is 16.6. The van der Waals surface area contributed by atoms with Crippen LogP contribution in [-0.4, -0.2) is 24.5 Å². The van der Waals surface area contributed by atoms with E-state index in [0.29, 0.717) is 0 Å². The minimum absolute atomic E-state index is 0.257. The zero-order chi connectivity index (χ0) is 32.3. The molecule has 5 aromatic carbocycles. The standard InChI is InChI=1S/C44H29N5/c1-2-8-35-34(7-1)33-21-23-45-26-31(33)25-38(35)28-13-15-29(16-14-28)43-44(48-40-11-5-4-10-39(40)47-43)30-17-19-32(20-18-30)49-41-12-6-3-9-36(41)37-22-24-46-27-42(37)49/h1-24,26-27,38H,25H2. The van der Waals surface area contributed by atoms with Gasteiger partial charge >= 0.3 is 0 Å². The molecule has 5 heteroatoms. The Balaban J connectivity index is 1.06. The second-order valence-corrected chi connectivity index (χ2v) is 12.7. The van der Waals surface area contributed by atoms with Crippen LogP contribution in [0.2, 0.25) is 0 Å². The number of pyridine rings is 2. The van der Waals surface area contributed by atoms with E-state index in [-0.39, 0.29) is 5.92 Å². The molecule has 49 heavy (non-hydrogen) atoms. The predicted molar refractivity (Wildman–Crippen MR) is 198 cm³/mol. The largest absolute Gasteiger partial charge is 0.308 e. The Kier molecular flexibility index (Phi) is 6.24. The Morgan fingerprint density at radius 1 is 0.510 bits per heavy atom. The number of para-hydroxylation sites is 3. The quantitative estimate of drug-likeness (QED) is 0.195. The average Bonchev–Trinajstić information content (AvgIpc) is 3.52. The second kappa shape index (κ2) is 11.1. The maximum absolute atomic E-state index is 5.20. The number of aromatic nitrogens is 5. The lowest BCUT2D eigenvalue weighted by atomic mass is 9.76. The van der Waals surface area contributed by atoms with Crippen molar-refractivity contribution in [3.63, 3.8) is 0 Å². The van der Waals surface area contributed by atoms with E-state index in [1.54, 1.807) is 0 Å². The van der Waals surface area contributed by atoms with Crippen LogP contribution in [0.1, 0.15) is 22.6 Å². The monoisotopic (exact) mass is 627 g/mol. The molecule has 0 amide bonds. The Bertz CT molecular complexity index is 2640. The summed E-state index contributed by atoms with van der Waals surface area (Å²) in [6, 6.07) is 47.2. The molecule has 4 heterocycles. The van der Waals surface area contributed by atoms with E-state index in [1.807, 2.05) is 49.1 Å². The first kappa shape index (κ1) is 27.6. The minimum atomic E-state index is 0.257. The van der Waals surface area contributed by atoms with Crippen molar-refractivity contribution in [2.24, 2.45) is 0 Å². The van der Waals surface area contributed by atoms with E-state index >= 15 is 0 Å². The Labute approximate surface area is 283 Å². The number of fused-ring (bicyclic) bond motifs is 7. The Morgan fingerprint density at radius 3 is 1.94 bits per heavy atom. The van der Waals surface area contributed by atoms with E-state index in [2.05, 4.69) is 124 Å². The number of hydrogen-bond donors (Lipinski definition) is 0. The van der Waals surface area contributed by atoms with Crippen molar-refractivity contribution >= 4 is 32.8 Å². The number of nitrogens with zero attached hydrogens (tertiary/aromatic N) is 5. The van der Waals surface area contributed by atoms with Crippen LogP contribution in [0.4, 0.5) is 0 Å². The summed E-state index contributed by atoms with van der Waals surface area (Å²) < 4.78 is 2.28. The van der Waals surface area contributed by atoms with Crippen LogP contribution >= 0.6 is 0 Å². The van der Waals surface area contributed by atoms with E-state index in [9.17, 15) is 0 Å². The highest BCUT2D eigenvalue weighted by Gasteiger charge is 2.26. The highest BCUT2D eigenvalue weighted by molar-refractivity contribution is 6.08. The fourth-order valence-electron chi connectivity index (χ4n) is 7.67. The van der Waals surface area contributed by atoms with Crippen LogP contribution in [0.15, 0.2) is 158 Å². The van der Waals surface area contributed by atoms with Crippen molar-refractivity contribution in [1.29, 1.82) is 0 Å². The van der Waals surface area contributed by atoms with Crippen LogP contribution in [0.5, 0.6) is 0 Å². The molecular weight excluding hydrogens is 599 g/mol. The molecule has 5 nitrogen and oxygen atoms in total. The number of hydrogen-bond acceptors (Lipinski definition) is 4. The summed E-state index contributed by atoms with van der Waals surface area (Å²) in [4.78, 5) is 19.3. The van der Waals surface area contributed by atoms with E-state index in [0.717, 1.165) is 56.7 Å². The molecule has 1 unspecified atom stereocenters. The molecule has 10 rings (SSSR count). The normalized spacial score (nSPS) is 13.8. The van der Waals surface area contributed by atoms with E-state index in [1.165, 1.54) is 38.6 Å². The molecule has 1 aliphatic carbocycles. The smallest absolute Gasteiger partial charge is 0.0973 e. The lowest BCUT2D eigenvalue weighted by Crippen LogP contribution is -2.12. The molecule has 1 aliphatic rings. The van der Waals surface area contributed by atoms with Gasteiger partial charge in [-0.1, -0.05) is 91.0 Å². The minimum Gasteiger partial charge on any atom is -0.308 e. The third-order valence-electron chi connectivity index (χ3n) is 9.99. The molecule has 1 atom stereocenters. The van der Waals surface area contributed by atoms with Gasteiger partial charge in [0.1, 0.15) is 0 Å². The van der Waals surface area contributed by atoms with Gasteiger partial charge in [0, 0.05) is 52.1 Å². The first-order chi connectivity index (χ1) is 24.3. The summed E-state index contributed by atoms with van der Waals surface area (Å²) in [5.41, 5.74) is 15.4. The van der Waals surface area contributed by atoms with Gasteiger partial charge in [0.2, 0.25) is 0 Å². The van der Waals surface area contributed by atoms with Gasteiger partial charge in [0.25, 0.3) is 0 Å². The van der Waals surface area contributed by atoms with Gasteiger partial charge in [-0.2, -0.15) is 0 Å². The van der Waals surface area contributed by atoms with Crippen molar-refractivity contribution in [2.75, 3.05) is 0 Å². The molecule has 0 N–H and O–H groups in total. The Morgan fingerprint density at radius 2 is 1.14 bits per heavy atom. The highest BCUT2D eigenvalue weighted by atomic mass is 15.0. The average molecular weight is 628 g/mol. The van der Waals surface area contributed by atoms with Crippen LogP contribution in [0, 0.1) is 0 Å². The summed E-state index contributed by atoms with van der Waals surface area (Å²) in [6.45, 7) is 0. The van der Waals surface area contributed by atoms with Crippen LogP contribution < -0.4 is 0 Å². The molecule has 0 saturated heterocycles. The van der Waals surface area contributed by atoms with Gasteiger partial charge in [0.15, 0.2) is 0 Å². The summed E-state index contributed by atoms with van der Waals surface area (Å²) in [6.07, 6.45) is 8.64. The summed E-state index contributed by atoms with van der Waals surface area (Å²) in [5.74, 6) is 0.257. The SMILES string of the molecule is c1ccc2c(c1)-c1ccncc1CC2c1ccc(-c2nc3ccccc3nc2-c2ccc(-n3c4ccccc4c4ccncc43)cc2)cc1. The zero-order valence-corrected chi connectivity index (χ0v) is 26.5. The maximum Gasteiger partial charge on any atom is 0.0973 e. The lowest BCUT2D eigenvalue weighted by molar-refractivity contribution is 0.790. The topological polar surface area (TPSA) is 56.5 Å². The van der Waals surface area contributed by atoms with Crippen molar-refractivity contribution in [1.82, 2.24) is 24.5 Å². The summed E-state index contributed by atoms with van der Waals surface area (Å²) in [7, 11) is 0. The third-order valence-corrected chi connectivity index (χ3v) is 9.99. The first-order valence-corrected chi connectivity index (χ1v) is 16.6. The predicted octanol–water partition coefficient (Wildman–Crippen LogP) is 10.2. The van der Waals surface area contributed by atoms with Gasteiger partial charge in [-0.05, 0) is 76.7 Å². The van der Waals surface area contributed by atoms with Crippen molar-refractivity contribution in [3.8, 4) is 39.3 Å². The molecule has 0 radical (unpaired) electrons. The van der Waals surface area contributed by atoms with Crippen molar-refractivity contribution in [2.45, 2.75) is 12.3 Å². The fraction of sp³-hybridized carbons (Fsp3) is 0.0455. The number of rotatable bonds is 4. The molecule has 230 valence electrons. The lowest BCUT2D eigenvalue weighted by Gasteiger charge is -2.28. The highest BCUT2D eigenvalue weighted by Crippen LogP contribution is 2.43. The maximum atomic E-state index is 5.20. The van der Waals surface area contributed by atoms with Gasteiger partial charge in [-0.25, -0.2) is 9.97 Å². The van der Waals surface area contributed by atoms with E-state index in [4.69, 9.17) is 9.97 Å². The Hall–Kier alpha value is -6.46. The second-order valence-electron chi connectivity index (χ2n) is 12.7. The van der Waals surface area contributed by atoms with Crippen LogP contribution in [0.3, 0.4) is 0 Å². The van der Waals surface area contributed by atoms with Gasteiger partial charge in [-0.3, -0.25) is 9.97 Å². The summed E-state index contributed by atoms with van der Waals surface area (Å²) in [5, 5.41) is 2.41. The fourth-order valence-corrected chi connectivity index (χ4v) is 7.67. The van der Waals surface area contributed by atoms with Crippen LogP contribution in [0.25, 0.3) is 72.2 Å². The van der Waals surface area contributed by atoms with Gasteiger partial charge < -0.3 is 4.57 Å². The van der Waals surface area contributed by atoms with Gasteiger partial charge in [0.05, 0.1) is 39.7 Å². The molecule has 0 spiro atoms. The molecule has 0 bridgehead atoms. The van der Waals surface area contributed by atoms with Crippen LogP contribution in [-0.2, 0) is 6.42 Å². The number of benzene rings is 5. The molecule has 0 aliphatic heterocycles. The molecule has 9 aromatic rings. The zero-order valence-electron chi connectivity index (χ0n) is 26.5. The third kappa shape index (κ3) is 4.47. The molecular formula is C44H29N5. The van der Waals surface area contributed by atoms with Gasteiger partial charge in [-0.15, -0.1) is 0 Å². The van der Waals surface area contributed by atoms with E-state index < -0.39 is 0 Å². The molecule has 0 fully saturated rings. The van der Waals surface area contributed by atoms with Crippen molar-refractivity contribution < 1.29 is 0 Å². The molecule has 0 saturated carbocycles. The molecule has 4 aromatic heterocycles. The van der Waals surface area contributed by atoms with Crippen molar-refractivity contribution in [3.05, 3.63) is 175 Å².